The Bertz CT molecular complexity index is 1100. The van der Waals surface area contributed by atoms with E-state index in [1.807, 2.05) is 30.3 Å². The largest absolute Gasteiger partial charge is 0.459 e. The van der Waals surface area contributed by atoms with Crippen molar-refractivity contribution in [1.29, 1.82) is 0 Å². The zero-order valence-corrected chi connectivity index (χ0v) is 15.0. The van der Waals surface area contributed by atoms with Gasteiger partial charge in [0.15, 0.2) is 5.76 Å². The van der Waals surface area contributed by atoms with Gasteiger partial charge < -0.3 is 15.1 Å². The topological polar surface area (TPSA) is 84.2 Å². The molecule has 2 amide bonds. The molecule has 4 rings (SSSR count). The van der Waals surface area contributed by atoms with E-state index in [1.165, 1.54) is 17.6 Å². The van der Waals surface area contributed by atoms with Crippen molar-refractivity contribution in [1.82, 2.24) is 10.3 Å². The molecule has 4 aromatic rings. The Morgan fingerprint density at radius 3 is 2.74 bits per heavy atom. The lowest BCUT2D eigenvalue weighted by Gasteiger charge is -2.06. The zero-order chi connectivity index (χ0) is 18.6. The van der Waals surface area contributed by atoms with Crippen molar-refractivity contribution < 1.29 is 14.0 Å². The highest BCUT2D eigenvalue weighted by Crippen LogP contribution is 2.23. The second kappa shape index (κ2) is 7.43. The normalized spacial score (nSPS) is 10.7. The van der Waals surface area contributed by atoms with Crippen LogP contribution in [0.5, 0.6) is 0 Å². The lowest BCUT2D eigenvalue weighted by atomic mass is 10.1. The molecule has 27 heavy (non-hydrogen) atoms. The van der Waals surface area contributed by atoms with Gasteiger partial charge in [0.1, 0.15) is 0 Å². The number of pyridine rings is 1. The van der Waals surface area contributed by atoms with Gasteiger partial charge in [0.2, 0.25) is 0 Å². The summed E-state index contributed by atoms with van der Waals surface area (Å²) in [7, 11) is 0. The van der Waals surface area contributed by atoms with Gasteiger partial charge in [0.05, 0.1) is 28.4 Å². The average molecular weight is 377 g/mol. The van der Waals surface area contributed by atoms with Crippen LogP contribution in [0.2, 0.25) is 0 Å². The highest BCUT2D eigenvalue weighted by atomic mass is 32.1. The number of nitrogens with one attached hydrogen (secondary N) is 2. The molecular weight excluding hydrogens is 362 g/mol. The summed E-state index contributed by atoms with van der Waals surface area (Å²) in [5.41, 5.74) is 0.810. The van der Waals surface area contributed by atoms with Crippen LogP contribution < -0.4 is 10.6 Å². The molecule has 0 aliphatic rings. The SMILES string of the molecule is O=C(Nc1ccc(C(=O)NCc2nccc3ccccc23)s1)c1ccco1. The third kappa shape index (κ3) is 3.73. The van der Waals surface area contributed by atoms with E-state index in [2.05, 4.69) is 15.6 Å². The van der Waals surface area contributed by atoms with Gasteiger partial charge in [-0.2, -0.15) is 0 Å². The van der Waals surface area contributed by atoms with Crippen LogP contribution in [0.25, 0.3) is 10.8 Å². The minimum Gasteiger partial charge on any atom is -0.459 e. The molecule has 6 nitrogen and oxygen atoms in total. The fourth-order valence-electron chi connectivity index (χ4n) is 2.68. The fourth-order valence-corrected chi connectivity index (χ4v) is 3.50. The average Bonchev–Trinajstić information content (AvgIpc) is 3.38. The van der Waals surface area contributed by atoms with Gasteiger partial charge in [-0.15, -0.1) is 11.3 Å². The van der Waals surface area contributed by atoms with Crippen LogP contribution in [0.3, 0.4) is 0 Å². The van der Waals surface area contributed by atoms with Crippen molar-refractivity contribution in [3.63, 3.8) is 0 Å². The van der Waals surface area contributed by atoms with Crippen molar-refractivity contribution >= 4 is 38.9 Å². The molecule has 0 spiro atoms. The molecule has 0 aliphatic heterocycles. The highest BCUT2D eigenvalue weighted by Gasteiger charge is 2.13. The van der Waals surface area contributed by atoms with E-state index in [0.717, 1.165) is 16.5 Å². The Morgan fingerprint density at radius 2 is 1.89 bits per heavy atom. The zero-order valence-electron chi connectivity index (χ0n) is 14.1. The third-order valence-electron chi connectivity index (χ3n) is 3.98. The highest BCUT2D eigenvalue weighted by molar-refractivity contribution is 7.18. The van der Waals surface area contributed by atoms with Crippen LogP contribution in [0.15, 0.2) is 71.5 Å². The summed E-state index contributed by atoms with van der Waals surface area (Å²) >= 11 is 1.20. The number of benzene rings is 1. The first-order valence-electron chi connectivity index (χ1n) is 8.26. The second-order valence-corrected chi connectivity index (χ2v) is 6.84. The number of rotatable bonds is 5. The molecule has 0 bridgehead atoms. The smallest absolute Gasteiger partial charge is 0.291 e. The monoisotopic (exact) mass is 377 g/mol. The van der Waals surface area contributed by atoms with Crippen LogP contribution in [-0.4, -0.2) is 16.8 Å². The Morgan fingerprint density at radius 1 is 1.00 bits per heavy atom. The molecule has 1 aromatic carbocycles. The van der Waals surface area contributed by atoms with Crippen LogP contribution in [0.4, 0.5) is 5.00 Å². The minimum atomic E-state index is -0.353. The quantitative estimate of drug-likeness (QED) is 0.549. The summed E-state index contributed by atoms with van der Waals surface area (Å²) in [5.74, 6) is -0.349. The summed E-state index contributed by atoms with van der Waals surface area (Å²) < 4.78 is 5.05. The first kappa shape index (κ1) is 17.0. The summed E-state index contributed by atoms with van der Waals surface area (Å²) in [6.45, 7) is 0.326. The molecular formula is C20H15N3O3S. The lowest BCUT2D eigenvalue weighted by molar-refractivity contribution is 0.0953. The van der Waals surface area contributed by atoms with Crippen molar-refractivity contribution in [2.45, 2.75) is 6.54 Å². The first-order valence-corrected chi connectivity index (χ1v) is 9.08. The van der Waals surface area contributed by atoms with Crippen LogP contribution in [-0.2, 0) is 6.54 Å². The Hall–Kier alpha value is -3.45. The number of hydrogen-bond donors (Lipinski definition) is 2. The number of fused-ring (bicyclic) bond motifs is 1. The summed E-state index contributed by atoms with van der Waals surface area (Å²) in [4.78, 5) is 29.3. The van der Waals surface area contributed by atoms with Crippen molar-refractivity contribution in [3.05, 3.63) is 83.4 Å². The van der Waals surface area contributed by atoms with E-state index in [1.54, 1.807) is 30.5 Å². The Balaban J connectivity index is 1.41. The molecule has 0 radical (unpaired) electrons. The van der Waals surface area contributed by atoms with Crippen molar-refractivity contribution in [2.75, 3.05) is 5.32 Å². The molecule has 0 aliphatic carbocycles. The molecule has 3 heterocycles. The molecule has 0 saturated carbocycles. The second-order valence-electron chi connectivity index (χ2n) is 5.76. The fraction of sp³-hybridized carbons (Fsp3) is 0.0500. The summed E-state index contributed by atoms with van der Waals surface area (Å²) in [6.07, 6.45) is 3.17. The van der Waals surface area contributed by atoms with E-state index in [-0.39, 0.29) is 17.6 Å². The van der Waals surface area contributed by atoms with Gasteiger partial charge in [0.25, 0.3) is 11.8 Å². The third-order valence-corrected chi connectivity index (χ3v) is 4.98. The molecule has 0 fully saturated rings. The number of nitrogens with zero attached hydrogens (tertiary/aromatic N) is 1. The van der Waals surface area contributed by atoms with Gasteiger partial charge in [-0.05, 0) is 35.7 Å². The first-order chi connectivity index (χ1) is 13.2. The van der Waals surface area contributed by atoms with Gasteiger partial charge in [-0.25, -0.2) is 0 Å². The van der Waals surface area contributed by atoms with Gasteiger partial charge >= 0.3 is 0 Å². The molecule has 0 atom stereocenters. The molecule has 7 heteroatoms. The maximum absolute atomic E-state index is 12.4. The predicted molar refractivity (Wildman–Crippen MR) is 104 cm³/mol. The molecule has 2 N–H and O–H groups in total. The van der Waals surface area contributed by atoms with Crippen LogP contribution >= 0.6 is 11.3 Å². The van der Waals surface area contributed by atoms with Crippen molar-refractivity contribution in [2.24, 2.45) is 0 Å². The standard InChI is InChI=1S/C20H15N3O3S/c24-19(16-6-3-11-26-16)23-18-8-7-17(27-18)20(25)22-12-15-14-5-2-1-4-13(14)9-10-21-15/h1-11H,12H2,(H,22,25)(H,23,24). The van der Waals surface area contributed by atoms with Gasteiger partial charge in [-0.1, -0.05) is 24.3 Å². The number of hydrogen-bond acceptors (Lipinski definition) is 5. The molecule has 0 saturated heterocycles. The summed E-state index contributed by atoms with van der Waals surface area (Å²) in [6, 6.07) is 16.4. The predicted octanol–water partition coefficient (Wildman–Crippen LogP) is 4.07. The number of carbonyl (C=O) groups is 2. The van der Waals surface area contributed by atoms with Crippen LogP contribution in [0.1, 0.15) is 25.9 Å². The number of thiophene rings is 1. The van der Waals surface area contributed by atoms with Gasteiger partial charge in [-0.3, -0.25) is 14.6 Å². The van der Waals surface area contributed by atoms with Crippen molar-refractivity contribution in [3.8, 4) is 0 Å². The van der Waals surface area contributed by atoms with E-state index in [9.17, 15) is 9.59 Å². The van der Waals surface area contributed by atoms with E-state index in [0.29, 0.717) is 16.4 Å². The van der Waals surface area contributed by atoms with E-state index in [4.69, 9.17) is 4.42 Å². The summed E-state index contributed by atoms with van der Waals surface area (Å²) in [5, 5.41) is 8.26. The molecule has 0 unspecified atom stereocenters. The molecule has 3 aromatic heterocycles. The number of anilines is 1. The number of furan rings is 1. The van der Waals surface area contributed by atoms with E-state index >= 15 is 0 Å². The Kier molecular flexibility index (Phi) is 4.67. The maximum atomic E-state index is 12.4. The lowest BCUT2D eigenvalue weighted by Crippen LogP contribution is -2.22. The maximum Gasteiger partial charge on any atom is 0.291 e. The van der Waals surface area contributed by atoms with E-state index < -0.39 is 0 Å². The number of aromatic nitrogens is 1. The van der Waals surface area contributed by atoms with Gasteiger partial charge in [0, 0.05) is 11.6 Å². The van der Waals surface area contributed by atoms with Crippen LogP contribution in [0, 0.1) is 0 Å². The minimum absolute atomic E-state index is 0.215. The molecule has 134 valence electrons. The number of amides is 2. The number of carbonyl (C=O) groups excluding carboxylic acids is 2. The Labute approximate surface area is 158 Å².